The lowest BCUT2D eigenvalue weighted by atomic mass is 10.00. The van der Waals surface area contributed by atoms with Crippen LogP contribution in [0, 0.1) is 6.92 Å². The van der Waals surface area contributed by atoms with Crippen LogP contribution in [0.2, 0.25) is 0 Å². The minimum Gasteiger partial charge on any atom is -0.496 e. The molecule has 0 heterocycles. The van der Waals surface area contributed by atoms with E-state index >= 15 is 0 Å². The maximum Gasteiger partial charge on any atom is 0.243 e. The molecule has 1 amide bonds. The van der Waals surface area contributed by atoms with Gasteiger partial charge in [0.15, 0.2) is 0 Å². The number of hydrogen-bond acceptors (Lipinski definition) is 4. The number of carbonyl (C=O) groups is 1. The van der Waals surface area contributed by atoms with E-state index < -0.39 is 16.1 Å². The predicted molar refractivity (Wildman–Crippen MR) is 111 cm³/mol. The highest BCUT2D eigenvalue weighted by Crippen LogP contribution is 2.27. The van der Waals surface area contributed by atoms with E-state index in [9.17, 15) is 13.2 Å². The number of hydrogen-bond donors (Lipinski definition) is 1. The summed E-state index contributed by atoms with van der Waals surface area (Å²) in [6, 6.07) is 13.5. The molecule has 0 saturated heterocycles. The first kappa shape index (κ1) is 21.9. The molecule has 2 aromatic carbocycles. The molecule has 0 radical (unpaired) electrons. The summed E-state index contributed by atoms with van der Waals surface area (Å²) in [6.07, 6.45) is 1.77. The maximum atomic E-state index is 13.1. The maximum absolute atomic E-state index is 13.1. The van der Waals surface area contributed by atoms with E-state index in [1.54, 1.807) is 31.4 Å². The van der Waals surface area contributed by atoms with Gasteiger partial charge in [0, 0.05) is 7.05 Å². The first-order chi connectivity index (χ1) is 13.2. The van der Waals surface area contributed by atoms with E-state index in [0.717, 1.165) is 27.4 Å². The van der Waals surface area contributed by atoms with Crippen LogP contribution in [0.3, 0.4) is 0 Å². The lowest BCUT2D eigenvalue weighted by Gasteiger charge is -2.28. The van der Waals surface area contributed by atoms with E-state index in [2.05, 4.69) is 5.32 Å². The highest BCUT2D eigenvalue weighted by Gasteiger charge is 2.31. The Bertz CT molecular complexity index is 913. The van der Waals surface area contributed by atoms with Gasteiger partial charge < -0.3 is 10.1 Å². The quantitative estimate of drug-likeness (QED) is 0.733. The Balaban J connectivity index is 2.34. The zero-order chi connectivity index (χ0) is 20.9. The molecule has 2 rings (SSSR count). The van der Waals surface area contributed by atoms with Crippen molar-refractivity contribution in [3.63, 3.8) is 0 Å². The van der Waals surface area contributed by atoms with Crippen LogP contribution in [0.15, 0.2) is 48.5 Å². The van der Waals surface area contributed by atoms with Crippen LogP contribution in [0.25, 0.3) is 0 Å². The van der Waals surface area contributed by atoms with Crippen LogP contribution in [0.1, 0.15) is 42.1 Å². The number of rotatable bonds is 8. The highest BCUT2D eigenvalue weighted by atomic mass is 32.2. The van der Waals surface area contributed by atoms with Gasteiger partial charge in [-0.2, -0.15) is 4.31 Å². The molecular formula is C21H28N2O4S. The lowest BCUT2D eigenvalue weighted by Crippen LogP contribution is -2.42. The van der Waals surface area contributed by atoms with Crippen molar-refractivity contribution in [2.45, 2.75) is 32.4 Å². The predicted octanol–water partition coefficient (Wildman–Crippen LogP) is 3.20. The first-order valence-electron chi connectivity index (χ1n) is 9.11. The zero-order valence-electron chi connectivity index (χ0n) is 17.0. The second-order valence-electron chi connectivity index (χ2n) is 6.79. The van der Waals surface area contributed by atoms with Gasteiger partial charge >= 0.3 is 0 Å². The fourth-order valence-electron chi connectivity index (χ4n) is 3.14. The Hall–Kier alpha value is -2.38. The minimum absolute atomic E-state index is 0.240. The number of nitrogens with zero attached hydrogens (tertiary/aromatic N) is 1. The zero-order valence-corrected chi connectivity index (χ0v) is 17.8. The molecule has 28 heavy (non-hydrogen) atoms. The number of nitrogens with one attached hydrogen (secondary N) is 1. The second-order valence-corrected chi connectivity index (χ2v) is 8.83. The summed E-state index contributed by atoms with van der Waals surface area (Å²) in [4.78, 5) is 13.1. The Labute approximate surface area is 167 Å². The third kappa shape index (κ3) is 5.11. The SMILES string of the molecule is CC[C@@H](NC(=O)[C@H](c1ccccc1)N(C)S(C)(=O)=O)c1ccc(OC)c(C)c1. The van der Waals surface area contributed by atoms with Crippen LogP contribution in [-0.4, -0.2) is 39.0 Å². The van der Waals surface area contributed by atoms with Gasteiger partial charge in [-0.05, 0) is 36.1 Å². The Kier molecular flexibility index (Phi) is 7.21. The highest BCUT2D eigenvalue weighted by molar-refractivity contribution is 7.88. The van der Waals surface area contributed by atoms with Crippen molar-refractivity contribution in [3.8, 4) is 5.75 Å². The van der Waals surface area contributed by atoms with E-state index in [1.807, 2.05) is 38.1 Å². The number of ether oxygens (including phenoxy) is 1. The molecule has 0 bridgehead atoms. The van der Waals surface area contributed by atoms with Crippen molar-refractivity contribution in [3.05, 3.63) is 65.2 Å². The molecule has 0 unspecified atom stereocenters. The van der Waals surface area contributed by atoms with Crippen molar-refractivity contribution in [2.24, 2.45) is 0 Å². The summed E-state index contributed by atoms with van der Waals surface area (Å²) in [5.74, 6) is 0.420. The van der Waals surface area contributed by atoms with Crippen LogP contribution in [-0.2, 0) is 14.8 Å². The van der Waals surface area contributed by atoms with Gasteiger partial charge in [-0.25, -0.2) is 8.42 Å². The molecule has 7 heteroatoms. The Morgan fingerprint density at radius 1 is 1.14 bits per heavy atom. The average Bonchev–Trinajstić information content (AvgIpc) is 2.66. The van der Waals surface area contributed by atoms with E-state index in [4.69, 9.17) is 4.74 Å². The molecule has 0 saturated carbocycles. The lowest BCUT2D eigenvalue weighted by molar-refractivity contribution is -0.125. The molecule has 0 fully saturated rings. The summed E-state index contributed by atoms with van der Waals surface area (Å²) in [5.41, 5.74) is 2.54. The van der Waals surface area contributed by atoms with Gasteiger partial charge in [-0.15, -0.1) is 0 Å². The average molecular weight is 405 g/mol. The van der Waals surface area contributed by atoms with E-state index in [0.29, 0.717) is 12.0 Å². The third-order valence-electron chi connectivity index (χ3n) is 4.80. The largest absolute Gasteiger partial charge is 0.496 e. The fourth-order valence-corrected chi connectivity index (χ4v) is 3.74. The van der Waals surface area contributed by atoms with Gasteiger partial charge in [0.2, 0.25) is 15.9 Å². The summed E-state index contributed by atoms with van der Waals surface area (Å²) in [7, 11) is -0.523. The third-order valence-corrected chi connectivity index (χ3v) is 6.05. The summed E-state index contributed by atoms with van der Waals surface area (Å²) < 4.78 is 30.6. The molecule has 6 nitrogen and oxygen atoms in total. The number of methoxy groups -OCH3 is 1. The van der Waals surface area contributed by atoms with Crippen molar-refractivity contribution in [1.29, 1.82) is 0 Å². The van der Waals surface area contributed by atoms with E-state index in [1.165, 1.54) is 7.05 Å². The van der Waals surface area contributed by atoms with Crippen molar-refractivity contribution in [1.82, 2.24) is 9.62 Å². The van der Waals surface area contributed by atoms with Crippen molar-refractivity contribution in [2.75, 3.05) is 20.4 Å². The molecule has 0 aliphatic carbocycles. The van der Waals surface area contributed by atoms with Gasteiger partial charge in [0.1, 0.15) is 11.8 Å². The summed E-state index contributed by atoms with van der Waals surface area (Å²) in [6.45, 7) is 3.92. The standard InChI is InChI=1S/C21H28N2O4S/c1-6-18(17-12-13-19(27-4)15(2)14-17)22-21(24)20(23(3)28(5,25)26)16-10-8-7-9-11-16/h7-14,18,20H,6H2,1-5H3,(H,22,24)/t18-,20+/m1/s1. The summed E-state index contributed by atoms with van der Waals surface area (Å²) in [5, 5.41) is 3.01. The van der Waals surface area contributed by atoms with Gasteiger partial charge in [-0.3, -0.25) is 4.79 Å². The number of carbonyl (C=O) groups excluding carboxylic acids is 1. The van der Waals surface area contributed by atoms with Crippen molar-refractivity contribution < 1.29 is 17.9 Å². The number of likely N-dealkylation sites (N-methyl/N-ethyl adjacent to an activating group) is 1. The monoisotopic (exact) mass is 404 g/mol. The number of sulfonamides is 1. The number of benzene rings is 2. The van der Waals surface area contributed by atoms with Gasteiger partial charge in [0.05, 0.1) is 19.4 Å². The fraction of sp³-hybridized carbons (Fsp3) is 0.381. The van der Waals surface area contributed by atoms with Crippen molar-refractivity contribution >= 4 is 15.9 Å². The molecule has 1 N–H and O–H groups in total. The molecule has 0 spiro atoms. The molecule has 0 aromatic heterocycles. The molecule has 0 aliphatic heterocycles. The van der Waals surface area contributed by atoms with Gasteiger partial charge in [-0.1, -0.05) is 49.4 Å². The molecule has 0 aliphatic rings. The molecule has 2 aromatic rings. The van der Waals surface area contributed by atoms with Crippen LogP contribution < -0.4 is 10.1 Å². The topological polar surface area (TPSA) is 75.7 Å². The van der Waals surface area contributed by atoms with Crippen LogP contribution in [0.5, 0.6) is 5.75 Å². The first-order valence-corrected chi connectivity index (χ1v) is 11.0. The number of aryl methyl sites for hydroxylation is 1. The second kappa shape index (κ2) is 9.21. The summed E-state index contributed by atoms with van der Waals surface area (Å²) >= 11 is 0. The van der Waals surface area contributed by atoms with Crippen LogP contribution >= 0.6 is 0 Å². The van der Waals surface area contributed by atoms with Crippen LogP contribution in [0.4, 0.5) is 0 Å². The molecule has 2 atom stereocenters. The molecular weight excluding hydrogens is 376 g/mol. The minimum atomic E-state index is -3.56. The molecule has 152 valence electrons. The number of amides is 1. The Morgan fingerprint density at radius 3 is 2.29 bits per heavy atom. The van der Waals surface area contributed by atoms with E-state index in [-0.39, 0.29) is 11.9 Å². The smallest absolute Gasteiger partial charge is 0.243 e. The normalized spacial score (nSPS) is 13.8. The Morgan fingerprint density at radius 2 is 1.79 bits per heavy atom. The van der Waals surface area contributed by atoms with Gasteiger partial charge in [0.25, 0.3) is 0 Å².